The molecule has 1 N–H and O–H groups in total. The Balaban J connectivity index is 2.03. The van der Waals surface area contributed by atoms with Crippen molar-refractivity contribution in [3.63, 3.8) is 0 Å². The van der Waals surface area contributed by atoms with Gasteiger partial charge in [0, 0.05) is 23.6 Å². The number of hydrogen-bond acceptors (Lipinski definition) is 2. The van der Waals surface area contributed by atoms with Crippen LogP contribution < -0.4 is 10.2 Å². The summed E-state index contributed by atoms with van der Waals surface area (Å²) in [5.41, 5.74) is 2.60. The normalized spacial score (nSPS) is 28.0. The molecule has 1 fully saturated rings. The molecule has 1 aliphatic heterocycles. The zero-order valence-electron chi connectivity index (χ0n) is 9.54. The van der Waals surface area contributed by atoms with Crippen molar-refractivity contribution in [1.82, 2.24) is 0 Å². The molecule has 1 saturated carbocycles. The monoisotopic (exact) mass is 280 g/mol. The number of anilines is 2. The van der Waals surface area contributed by atoms with E-state index in [4.69, 9.17) is 0 Å². The van der Waals surface area contributed by atoms with Crippen molar-refractivity contribution in [2.75, 3.05) is 17.3 Å². The Morgan fingerprint density at radius 1 is 1.31 bits per heavy atom. The van der Waals surface area contributed by atoms with Gasteiger partial charge in [0.25, 0.3) is 0 Å². The molecule has 1 aromatic carbocycles. The van der Waals surface area contributed by atoms with Gasteiger partial charge >= 0.3 is 0 Å². The summed E-state index contributed by atoms with van der Waals surface area (Å²) in [7, 11) is 2.23. The molecular formula is C13H17BrN2. The van der Waals surface area contributed by atoms with E-state index in [2.05, 4.69) is 51.4 Å². The van der Waals surface area contributed by atoms with Crippen LogP contribution in [0, 0.1) is 0 Å². The predicted octanol–water partition coefficient (Wildman–Crippen LogP) is 3.62. The number of benzene rings is 1. The summed E-state index contributed by atoms with van der Waals surface area (Å²) in [5, 5.41) is 3.70. The number of nitrogens with zero attached hydrogens (tertiary/aromatic N) is 1. The van der Waals surface area contributed by atoms with Crippen molar-refractivity contribution in [3.8, 4) is 0 Å². The first-order valence-corrected chi connectivity index (χ1v) is 6.84. The number of halogens is 1. The van der Waals surface area contributed by atoms with E-state index in [0.717, 1.165) is 0 Å². The molecule has 3 heteroatoms. The second kappa shape index (κ2) is 3.95. The maximum atomic E-state index is 3.70. The molecule has 0 radical (unpaired) electrons. The largest absolute Gasteiger partial charge is 0.379 e. The van der Waals surface area contributed by atoms with Crippen LogP contribution in [0.4, 0.5) is 11.4 Å². The topological polar surface area (TPSA) is 15.3 Å². The number of nitrogens with one attached hydrogen (secondary N) is 1. The highest BCUT2D eigenvalue weighted by Gasteiger charge is 2.34. The summed E-state index contributed by atoms with van der Waals surface area (Å²) in [4.78, 5) is 2.46. The van der Waals surface area contributed by atoms with Crippen LogP contribution in [0.5, 0.6) is 0 Å². The standard InChI is InChI=1S/C13H17BrN2/c1-16-12-8-3-2-6-10(12)15-11-7-4-5-9(14)13(11)16/h4-5,7,10,12,15H,2-3,6,8H2,1H3. The summed E-state index contributed by atoms with van der Waals surface area (Å²) >= 11 is 3.66. The van der Waals surface area contributed by atoms with Gasteiger partial charge in [-0.3, -0.25) is 0 Å². The van der Waals surface area contributed by atoms with E-state index in [-0.39, 0.29) is 0 Å². The third-order valence-corrected chi connectivity index (χ3v) is 4.55. The number of likely N-dealkylation sites (N-methyl/N-ethyl adjacent to an activating group) is 1. The first-order valence-electron chi connectivity index (χ1n) is 6.05. The minimum atomic E-state index is 0.639. The highest BCUT2D eigenvalue weighted by Crippen LogP contribution is 2.41. The molecule has 1 aromatic rings. The van der Waals surface area contributed by atoms with Gasteiger partial charge in [0.15, 0.2) is 0 Å². The van der Waals surface area contributed by atoms with Crippen molar-refractivity contribution in [2.24, 2.45) is 0 Å². The molecular weight excluding hydrogens is 264 g/mol. The van der Waals surface area contributed by atoms with E-state index in [0.29, 0.717) is 12.1 Å². The van der Waals surface area contributed by atoms with Gasteiger partial charge in [-0.25, -0.2) is 0 Å². The van der Waals surface area contributed by atoms with Crippen molar-refractivity contribution in [1.29, 1.82) is 0 Å². The number of fused-ring (bicyclic) bond motifs is 2. The lowest BCUT2D eigenvalue weighted by Gasteiger charge is -2.45. The molecule has 0 aromatic heterocycles. The van der Waals surface area contributed by atoms with Gasteiger partial charge in [0.1, 0.15) is 0 Å². The first kappa shape index (κ1) is 10.5. The molecule has 2 aliphatic rings. The Labute approximate surface area is 105 Å². The quantitative estimate of drug-likeness (QED) is 0.781. The van der Waals surface area contributed by atoms with E-state index >= 15 is 0 Å². The highest BCUT2D eigenvalue weighted by molar-refractivity contribution is 9.10. The lowest BCUT2D eigenvalue weighted by Crippen LogP contribution is -2.50. The highest BCUT2D eigenvalue weighted by atomic mass is 79.9. The van der Waals surface area contributed by atoms with Crippen LogP contribution in [0.1, 0.15) is 25.7 Å². The van der Waals surface area contributed by atoms with Gasteiger partial charge < -0.3 is 10.2 Å². The average molecular weight is 281 g/mol. The van der Waals surface area contributed by atoms with Gasteiger partial charge in [0.05, 0.1) is 11.4 Å². The molecule has 86 valence electrons. The van der Waals surface area contributed by atoms with Crippen molar-refractivity contribution in [3.05, 3.63) is 22.7 Å². The Bertz CT molecular complexity index is 405. The predicted molar refractivity (Wildman–Crippen MR) is 72.2 cm³/mol. The lowest BCUT2D eigenvalue weighted by molar-refractivity contribution is 0.385. The molecule has 2 atom stereocenters. The Morgan fingerprint density at radius 3 is 3.00 bits per heavy atom. The number of hydrogen-bond donors (Lipinski definition) is 1. The van der Waals surface area contributed by atoms with Crippen LogP contribution in [0.2, 0.25) is 0 Å². The summed E-state index contributed by atoms with van der Waals surface area (Å²) in [6, 6.07) is 7.72. The SMILES string of the molecule is CN1c2c(Br)cccc2NC2CCCCC21. The summed E-state index contributed by atoms with van der Waals surface area (Å²) in [5.74, 6) is 0. The summed E-state index contributed by atoms with van der Waals surface area (Å²) in [6.45, 7) is 0. The molecule has 0 saturated heterocycles. The van der Waals surface area contributed by atoms with Crippen LogP contribution in [0.3, 0.4) is 0 Å². The fourth-order valence-electron chi connectivity index (χ4n) is 3.10. The molecule has 0 spiro atoms. The lowest BCUT2D eigenvalue weighted by atomic mass is 9.87. The third kappa shape index (κ3) is 1.53. The number of rotatable bonds is 0. The van der Waals surface area contributed by atoms with E-state index in [9.17, 15) is 0 Å². The van der Waals surface area contributed by atoms with Gasteiger partial charge in [-0.05, 0) is 40.9 Å². The first-order chi connectivity index (χ1) is 7.77. The van der Waals surface area contributed by atoms with Crippen molar-refractivity contribution in [2.45, 2.75) is 37.8 Å². The van der Waals surface area contributed by atoms with Crippen LogP contribution in [0.15, 0.2) is 22.7 Å². The maximum Gasteiger partial charge on any atom is 0.0747 e. The molecule has 16 heavy (non-hydrogen) atoms. The average Bonchev–Trinajstić information content (AvgIpc) is 2.29. The molecule has 0 bridgehead atoms. The van der Waals surface area contributed by atoms with E-state index < -0.39 is 0 Å². The third-order valence-electron chi connectivity index (χ3n) is 3.91. The summed E-state index contributed by atoms with van der Waals surface area (Å²) < 4.78 is 1.20. The fourth-order valence-corrected chi connectivity index (χ4v) is 3.74. The van der Waals surface area contributed by atoms with Crippen LogP contribution in [0.25, 0.3) is 0 Å². The fraction of sp³-hybridized carbons (Fsp3) is 0.538. The minimum Gasteiger partial charge on any atom is -0.379 e. The molecule has 2 nitrogen and oxygen atoms in total. The second-order valence-corrected chi connectivity index (χ2v) is 5.70. The van der Waals surface area contributed by atoms with E-state index in [1.54, 1.807) is 0 Å². The Morgan fingerprint density at radius 2 is 2.12 bits per heavy atom. The maximum absolute atomic E-state index is 3.70. The van der Waals surface area contributed by atoms with E-state index in [1.165, 1.54) is 41.5 Å². The molecule has 2 unspecified atom stereocenters. The van der Waals surface area contributed by atoms with Gasteiger partial charge in [-0.1, -0.05) is 18.9 Å². The Kier molecular flexibility index (Phi) is 2.58. The minimum absolute atomic E-state index is 0.639. The van der Waals surface area contributed by atoms with Crippen LogP contribution in [-0.4, -0.2) is 19.1 Å². The second-order valence-electron chi connectivity index (χ2n) is 4.85. The summed E-state index contributed by atoms with van der Waals surface area (Å²) in [6.07, 6.45) is 5.36. The molecule has 3 rings (SSSR count). The van der Waals surface area contributed by atoms with Gasteiger partial charge in [-0.15, -0.1) is 0 Å². The molecule has 1 aliphatic carbocycles. The molecule has 0 amide bonds. The molecule has 1 heterocycles. The number of para-hydroxylation sites is 1. The van der Waals surface area contributed by atoms with E-state index in [1.807, 2.05) is 0 Å². The Hall–Kier alpha value is -0.700. The van der Waals surface area contributed by atoms with Gasteiger partial charge in [0.2, 0.25) is 0 Å². The zero-order valence-corrected chi connectivity index (χ0v) is 11.1. The van der Waals surface area contributed by atoms with Crippen LogP contribution >= 0.6 is 15.9 Å². The van der Waals surface area contributed by atoms with Gasteiger partial charge in [-0.2, -0.15) is 0 Å². The van der Waals surface area contributed by atoms with Crippen molar-refractivity contribution >= 4 is 27.3 Å². The van der Waals surface area contributed by atoms with Crippen molar-refractivity contribution < 1.29 is 0 Å². The van der Waals surface area contributed by atoms with Crippen LogP contribution in [-0.2, 0) is 0 Å². The zero-order chi connectivity index (χ0) is 11.1. The smallest absolute Gasteiger partial charge is 0.0747 e.